The maximum Gasteiger partial charge on any atom is 0.438 e. The number of halogens is 2. The molecule has 1 N–H and O–H groups in total. The van der Waals surface area contributed by atoms with E-state index in [-0.39, 0.29) is 52.6 Å². The van der Waals surface area contributed by atoms with Crippen molar-refractivity contribution in [3.05, 3.63) is 194 Å². The van der Waals surface area contributed by atoms with Crippen molar-refractivity contribution in [1.82, 2.24) is 48.3 Å². The largest absolute Gasteiger partial charge is 0.438 e. The summed E-state index contributed by atoms with van der Waals surface area (Å²) < 4.78 is 58.2. The second kappa shape index (κ2) is 21.4. The number of hydrogen-bond acceptors (Lipinski definition) is 9. The number of benzene rings is 4. The molecule has 7 heterocycles. The highest BCUT2D eigenvalue weighted by Crippen LogP contribution is 2.57. The van der Waals surface area contributed by atoms with E-state index in [2.05, 4.69) is 53.9 Å². The molecule has 418 valence electrons. The van der Waals surface area contributed by atoms with Crippen LogP contribution in [0.3, 0.4) is 0 Å². The molecule has 4 aromatic carbocycles. The van der Waals surface area contributed by atoms with Gasteiger partial charge >= 0.3 is 11.4 Å². The Balaban J connectivity index is 0.978. The van der Waals surface area contributed by atoms with Crippen LogP contribution in [0.5, 0.6) is 0 Å². The summed E-state index contributed by atoms with van der Waals surface area (Å²) in [6.07, 6.45) is 17.4. The molecule has 3 aliphatic rings. The van der Waals surface area contributed by atoms with Gasteiger partial charge in [-0.1, -0.05) is 66.2 Å². The van der Waals surface area contributed by atoms with E-state index >= 15 is 18.4 Å². The lowest BCUT2D eigenvalue weighted by Crippen LogP contribution is -2.41. The van der Waals surface area contributed by atoms with Gasteiger partial charge in [0.1, 0.15) is 22.9 Å². The lowest BCUT2D eigenvalue weighted by Gasteiger charge is -2.35. The van der Waals surface area contributed by atoms with Gasteiger partial charge in [0, 0.05) is 67.0 Å². The van der Waals surface area contributed by atoms with Crippen molar-refractivity contribution in [2.75, 3.05) is 19.8 Å². The second-order valence-electron chi connectivity index (χ2n) is 22.7. The number of aryl methyl sites for hydroxylation is 2. The van der Waals surface area contributed by atoms with Crippen molar-refractivity contribution in [3.8, 4) is 17.2 Å². The van der Waals surface area contributed by atoms with Crippen LogP contribution in [0.2, 0.25) is 0 Å². The van der Waals surface area contributed by atoms with Gasteiger partial charge in [-0.2, -0.15) is 10.2 Å². The van der Waals surface area contributed by atoms with Crippen molar-refractivity contribution in [2.24, 2.45) is 13.0 Å². The van der Waals surface area contributed by atoms with E-state index in [1.165, 1.54) is 21.5 Å². The minimum Gasteiger partial charge on any atom is -0.376 e. The standard InChI is InChI=1S/C63H66F2N10O6/c1-7-8-9-10-11-12-16-19-43-32-47(30-39(2)55(43)64)75-57(73-28-27-72(61(73)78)52-23-22-51-48(56(52)65)36-66-70(51)6)54-40(3)71(26-24-49(54)68-75)58(76)53-33-45-31-42(44-25-29-80-62(4,5)34-44)20-21-50(45)74(53)63(59-67-60(77)81-69-59)35-46(63)38-79-37-41-17-14-13-15-18-41/h7,13-23,27-28,30-33,36,40,44,46H,1,8-12,24-26,29,34-35,37-38H2,2-6H3,(H,67,69,77)/b19-16-/t40-,44-,46+,63-/m0/s1. The first kappa shape index (κ1) is 53.4. The Labute approximate surface area is 466 Å². The van der Waals surface area contributed by atoms with Crippen molar-refractivity contribution in [1.29, 1.82) is 0 Å². The highest BCUT2D eigenvalue weighted by Gasteiger charge is 2.62. The van der Waals surface area contributed by atoms with Gasteiger partial charge in [-0.15, -0.1) is 6.58 Å². The molecule has 12 rings (SSSR count). The van der Waals surface area contributed by atoms with Crippen molar-refractivity contribution in [3.63, 3.8) is 0 Å². The van der Waals surface area contributed by atoms with Crippen LogP contribution in [0.1, 0.15) is 134 Å². The Morgan fingerprint density at radius 1 is 0.951 bits per heavy atom. The summed E-state index contributed by atoms with van der Waals surface area (Å²) in [5.74, 6) is -1.39. The SMILES string of the molecule is C=CCCCCC/C=C\c1cc(-n2nc3c(c2-n2ccn(-c4ccc5c(cnn5C)c4F)c2=O)[C@H](C)N(C(=O)c2cc4cc([C@H]5CCOC(C)(C)C5)ccc4n2[C@@]2(c4noc(=O)[nH]4)C[C@@H]2COCc2ccccc2)CC3)cc(C)c1F. The van der Waals surface area contributed by atoms with Crippen molar-refractivity contribution >= 4 is 33.8 Å². The van der Waals surface area contributed by atoms with E-state index in [0.29, 0.717) is 77.8 Å². The van der Waals surface area contributed by atoms with Crippen LogP contribution in [0.4, 0.5) is 8.78 Å². The third-order valence-corrected chi connectivity index (χ3v) is 16.9. The number of fused-ring (bicyclic) bond motifs is 3. The zero-order valence-corrected chi connectivity index (χ0v) is 46.3. The molecular formula is C63H66F2N10O6. The van der Waals surface area contributed by atoms with Gasteiger partial charge in [-0.05, 0) is 138 Å². The van der Waals surface area contributed by atoms with Crippen LogP contribution in [-0.4, -0.2) is 79.6 Å². The Bertz CT molecular complexity index is 4020. The zero-order chi connectivity index (χ0) is 56.3. The number of ether oxygens (including phenoxy) is 2. The number of allylic oxidation sites excluding steroid dienone is 2. The Hall–Kier alpha value is -8.22. The second-order valence-corrected chi connectivity index (χ2v) is 22.7. The number of nitrogens with zero attached hydrogens (tertiary/aromatic N) is 9. The van der Waals surface area contributed by atoms with Crippen LogP contribution in [0.15, 0.2) is 130 Å². The van der Waals surface area contributed by atoms with Gasteiger partial charge in [0.15, 0.2) is 11.6 Å². The Kier molecular flexibility index (Phi) is 14.1. The van der Waals surface area contributed by atoms with Crippen LogP contribution in [0.25, 0.3) is 45.1 Å². The number of carbonyl (C=O) groups excluding carboxylic acids is 1. The van der Waals surface area contributed by atoms with Crippen LogP contribution >= 0.6 is 0 Å². The maximum absolute atomic E-state index is 16.5. The molecule has 1 aliphatic carbocycles. The lowest BCUT2D eigenvalue weighted by atomic mass is 9.83. The van der Waals surface area contributed by atoms with Gasteiger partial charge in [0.2, 0.25) is 0 Å². The first-order chi connectivity index (χ1) is 39.1. The van der Waals surface area contributed by atoms with E-state index in [4.69, 9.17) is 19.1 Å². The van der Waals surface area contributed by atoms with Crippen LogP contribution in [0, 0.1) is 24.5 Å². The first-order valence-corrected chi connectivity index (χ1v) is 28.1. The molecular weight excluding hydrogens is 1030 g/mol. The summed E-state index contributed by atoms with van der Waals surface area (Å²) in [7, 11) is 1.72. The number of carbonyl (C=O) groups is 1. The van der Waals surface area contributed by atoms with E-state index in [1.807, 2.05) is 60.0 Å². The molecule has 2 fully saturated rings. The van der Waals surface area contributed by atoms with Gasteiger partial charge in [-0.3, -0.25) is 28.1 Å². The summed E-state index contributed by atoms with van der Waals surface area (Å²) in [5.41, 5.74) is 4.42. The number of rotatable bonds is 18. The molecule has 81 heavy (non-hydrogen) atoms. The Morgan fingerprint density at radius 3 is 2.54 bits per heavy atom. The third kappa shape index (κ3) is 9.70. The molecule has 1 saturated carbocycles. The highest BCUT2D eigenvalue weighted by molar-refractivity contribution is 6.00. The summed E-state index contributed by atoms with van der Waals surface area (Å²) >= 11 is 0. The third-order valence-electron chi connectivity index (χ3n) is 16.9. The van der Waals surface area contributed by atoms with E-state index in [1.54, 1.807) is 64.8 Å². The Morgan fingerprint density at radius 2 is 1.75 bits per heavy atom. The quantitative estimate of drug-likeness (QED) is 0.0650. The lowest BCUT2D eigenvalue weighted by molar-refractivity contribution is -0.0592. The number of amides is 1. The molecule has 0 bridgehead atoms. The van der Waals surface area contributed by atoms with Gasteiger partial charge in [0.25, 0.3) is 5.91 Å². The number of aromatic nitrogens is 9. The summed E-state index contributed by atoms with van der Waals surface area (Å²) in [6, 6.07) is 24.2. The van der Waals surface area contributed by atoms with E-state index in [0.717, 1.165) is 67.0 Å². The van der Waals surface area contributed by atoms with Gasteiger partial charge in [-0.25, -0.2) is 23.1 Å². The summed E-state index contributed by atoms with van der Waals surface area (Å²) in [6.45, 7) is 13.2. The number of nitrogens with one attached hydrogen (secondary N) is 1. The molecule has 18 heteroatoms. The molecule has 1 amide bonds. The molecule has 4 atom stereocenters. The zero-order valence-electron chi connectivity index (χ0n) is 46.3. The molecule has 0 radical (unpaired) electrons. The van der Waals surface area contributed by atoms with Crippen LogP contribution in [-0.2, 0) is 35.1 Å². The van der Waals surface area contributed by atoms with Crippen molar-refractivity contribution < 1.29 is 27.6 Å². The number of imidazole rings is 1. The summed E-state index contributed by atoms with van der Waals surface area (Å²) in [4.78, 5) is 48.7. The average Bonchev–Trinajstić information content (AvgIpc) is 2.64. The molecule has 1 saturated heterocycles. The minimum absolute atomic E-state index is 0.0290. The minimum atomic E-state index is -1.04. The number of unbranched alkanes of at least 4 members (excludes halogenated alkanes) is 4. The smallest absolute Gasteiger partial charge is 0.376 e. The maximum atomic E-state index is 16.5. The predicted octanol–water partition coefficient (Wildman–Crippen LogP) is 11.5. The highest BCUT2D eigenvalue weighted by atomic mass is 19.1. The molecule has 2 aliphatic heterocycles. The molecule has 9 aromatic rings. The molecule has 0 spiro atoms. The molecule has 16 nitrogen and oxygen atoms in total. The fourth-order valence-electron chi connectivity index (χ4n) is 12.6. The number of hydrogen-bond donors (Lipinski definition) is 1. The molecule has 5 aromatic heterocycles. The fraction of sp³-hybridized carbons (Fsp3) is 0.365. The fourth-order valence-corrected chi connectivity index (χ4v) is 12.6. The number of H-pyrrole nitrogens is 1. The van der Waals surface area contributed by atoms with Gasteiger partial charge < -0.3 is 18.9 Å². The monoisotopic (exact) mass is 1100 g/mol. The first-order valence-electron chi connectivity index (χ1n) is 28.1. The average molecular weight is 1100 g/mol. The predicted molar refractivity (Wildman–Crippen MR) is 305 cm³/mol. The summed E-state index contributed by atoms with van der Waals surface area (Å²) in [5, 5.41) is 14.9. The van der Waals surface area contributed by atoms with Crippen molar-refractivity contribution in [2.45, 2.75) is 115 Å². The van der Waals surface area contributed by atoms with E-state index in [9.17, 15) is 4.79 Å². The van der Waals surface area contributed by atoms with Crippen LogP contribution < -0.4 is 11.4 Å². The number of aromatic amines is 1. The van der Waals surface area contributed by atoms with E-state index < -0.39 is 28.8 Å². The molecule has 0 unspecified atom stereocenters. The topological polar surface area (TPSA) is 165 Å². The van der Waals surface area contributed by atoms with Gasteiger partial charge in [0.05, 0.1) is 59.0 Å². The normalized spacial score (nSPS) is 19.7.